The number of rotatable bonds is 45. The van der Waals surface area contributed by atoms with Gasteiger partial charge in [-0.2, -0.15) is 0 Å². The summed E-state index contributed by atoms with van der Waals surface area (Å²) in [6.45, 7) is 6.46. The minimum Gasteiger partial charge on any atom is -0.462 e. The molecule has 6 nitrogen and oxygen atoms in total. The first-order valence-electron chi connectivity index (χ1n) is 25.3. The van der Waals surface area contributed by atoms with E-state index in [-0.39, 0.29) is 31.1 Å². The molecule has 0 rings (SSSR count). The molecule has 0 radical (unpaired) electrons. The molecule has 0 N–H and O–H groups in total. The van der Waals surface area contributed by atoms with Crippen molar-refractivity contribution in [1.29, 1.82) is 0 Å². The molecular weight excluding hydrogens is 745 g/mol. The summed E-state index contributed by atoms with van der Waals surface area (Å²) in [5.41, 5.74) is 0. The molecule has 0 aliphatic carbocycles. The molecule has 0 saturated carbocycles. The predicted octanol–water partition coefficient (Wildman–Crippen LogP) is 16.5. The fourth-order valence-corrected chi connectivity index (χ4v) is 6.90. The summed E-state index contributed by atoms with van der Waals surface area (Å²) in [5.74, 6) is -0.921. The van der Waals surface area contributed by atoms with Crippen molar-refractivity contribution in [3.63, 3.8) is 0 Å². The van der Waals surface area contributed by atoms with Gasteiger partial charge in [0.25, 0.3) is 0 Å². The Morgan fingerprint density at radius 1 is 0.350 bits per heavy atom. The molecule has 0 aromatic rings. The molecule has 0 aromatic carbocycles. The molecular formula is C54H94O6. The van der Waals surface area contributed by atoms with E-state index in [2.05, 4.69) is 81.5 Å². The lowest BCUT2D eigenvalue weighted by Crippen LogP contribution is -2.30. The lowest BCUT2D eigenvalue weighted by molar-refractivity contribution is -0.167. The van der Waals surface area contributed by atoms with Crippen molar-refractivity contribution >= 4 is 17.9 Å². The molecule has 0 unspecified atom stereocenters. The molecule has 0 aliphatic rings. The van der Waals surface area contributed by atoms with Crippen LogP contribution in [-0.2, 0) is 28.6 Å². The highest BCUT2D eigenvalue weighted by Gasteiger charge is 2.19. The zero-order valence-corrected chi connectivity index (χ0v) is 39.5. The highest BCUT2D eigenvalue weighted by atomic mass is 16.6. The molecule has 60 heavy (non-hydrogen) atoms. The maximum atomic E-state index is 12.8. The molecule has 0 spiro atoms. The monoisotopic (exact) mass is 839 g/mol. The molecule has 0 saturated heterocycles. The van der Waals surface area contributed by atoms with Crippen molar-refractivity contribution in [1.82, 2.24) is 0 Å². The van der Waals surface area contributed by atoms with Gasteiger partial charge in [-0.05, 0) is 96.3 Å². The van der Waals surface area contributed by atoms with Gasteiger partial charge in [0.15, 0.2) is 6.10 Å². The van der Waals surface area contributed by atoms with Crippen LogP contribution in [-0.4, -0.2) is 37.2 Å². The van der Waals surface area contributed by atoms with Crippen LogP contribution in [0, 0.1) is 0 Å². The zero-order valence-electron chi connectivity index (χ0n) is 39.5. The van der Waals surface area contributed by atoms with Gasteiger partial charge < -0.3 is 14.2 Å². The molecule has 346 valence electrons. The summed E-state index contributed by atoms with van der Waals surface area (Å²) in [7, 11) is 0. The van der Waals surface area contributed by atoms with E-state index in [9.17, 15) is 14.4 Å². The normalized spacial score (nSPS) is 12.5. The van der Waals surface area contributed by atoms with Crippen molar-refractivity contribution in [2.24, 2.45) is 0 Å². The third-order valence-corrected chi connectivity index (χ3v) is 10.7. The lowest BCUT2D eigenvalue weighted by atomic mass is 10.1. The van der Waals surface area contributed by atoms with E-state index in [1.807, 2.05) is 0 Å². The van der Waals surface area contributed by atoms with E-state index < -0.39 is 6.10 Å². The molecule has 1 atom stereocenters. The van der Waals surface area contributed by atoms with Crippen molar-refractivity contribution in [2.75, 3.05) is 13.2 Å². The largest absolute Gasteiger partial charge is 0.462 e. The summed E-state index contributed by atoms with van der Waals surface area (Å²) in [6, 6.07) is 0. The Morgan fingerprint density at radius 2 is 0.667 bits per heavy atom. The Balaban J connectivity index is 4.41. The second-order valence-electron chi connectivity index (χ2n) is 16.7. The Hall–Kier alpha value is -2.89. The average Bonchev–Trinajstić information content (AvgIpc) is 3.24. The number of ether oxygens (including phenoxy) is 3. The third-order valence-electron chi connectivity index (χ3n) is 10.7. The number of unbranched alkanes of at least 4 members (excludes halogenated alkanes) is 24. The average molecular weight is 839 g/mol. The maximum absolute atomic E-state index is 12.8. The van der Waals surface area contributed by atoms with Crippen LogP contribution in [0.5, 0.6) is 0 Å². The summed E-state index contributed by atoms with van der Waals surface area (Å²) in [5, 5.41) is 0. The van der Waals surface area contributed by atoms with Gasteiger partial charge in [0.05, 0.1) is 0 Å². The van der Waals surface area contributed by atoms with Crippen LogP contribution in [0.25, 0.3) is 0 Å². The summed E-state index contributed by atoms with van der Waals surface area (Å²) < 4.78 is 16.7. The van der Waals surface area contributed by atoms with E-state index in [4.69, 9.17) is 14.2 Å². The van der Waals surface area contributed by atoms with Gasteiger partial charge in [-0.1, -0.05) is 191 Å². The molecule has 0 fully saturated rings. The van der Waals surface area contributed by atoms with Gasteiger partial charge in [0.2, 0.25) is 0 Å². The number of hydrogen-bond acceptors (Lipinski definition) is 6. The summed E-state index contributed by atoms with van der Waals surface area (Å²) >= 11 is 0. The molecule has 0 aliphatic heterocycles. The van der Waals surface area contributed by atoms with E-state index in [0.29, 0.717) is 19.3 Å². The Morgan fingerprint density at radius 3 is 1.08 bits per heavy atom. The van der Waals surface area contributed by atoms with Crippen LogP contribution in [0.4, 0.5) is 0 Å². The highest BCUT2D eigenvalue weighted by molar-refractivity contribution is 5.71. The van der Waals surface area contributed by atoms with Crippen LogP contribution in [0.2, 0.25) is 0 Å². The van der Waals surface area contributed by atoms with E-state index in [1.54, 1.807) is 0 Å². The van der Waals surface area contributed by atoms with Gasteiger partial charge in [-0.3, -0.25) is 14.4 Å². The van der Waals surface area contributed by atoms with Crippen molar-refractivity contribution < 1.29 is 28.6 Å². The Kier molecular flexibility index (Phi) is 46.4. The van der Waals surface area contributed by atoms with Gasteiger partial charge in [0, 0.05) is 19.3 Å². The minimum absolute atomic E-state index is 0.0881. The van der Waals surface area contributed by atoms with E-state index >= 15 is 0 Å². The molecule has 6 heteroatoms. The number of allylic oxidation sites excluding steroid dienone is 10. The van der Waals surface area contributed by atoms with Crippen LogP contribution < -0.4 is 0 Å². The number of carbonyl (C=O) groups is 3. The quantitative estimate of drug-likeness (QED) is 0.0263. The zero-order chi connectivity index (χ0) is 43.7. The predicted molar refractivity (Wildman–Crippen MR) is 256 cm³/mol. The highest BCUT2D eigenvalue weighted by Crippen LogP contribution is 2.14. The first-order chi connectivity index (χ1) is 29.5. The first kappa shape index (κ1) is 57.1. The van der Waals surface area contributed by atoms with Gasteiger partial charge >= 0.3 is 17.9 Å². The second-order valence-corrected chi connectivity index (χ2v) is 16.7. The van der Waals surface area contributed by atoms with Crippen LogP contribution in [0.15, 0.2) is 60.8 Å². The molecule has 0 heterocycles. The number of esters is 3. The third kappa shape index (κ3) is 46.2. The molecule has 0 aromatic heterocycles. The van der Waals surface area contributed by atoms with E-state index in [0.717, 1.165) is 109 Å². The SMILES string of the molecule is CC/C=C\C/C=C\C/C=C\CCCCCCCC(=O)O[C@H](COC(=O)CCCCCCC/C=C\CCCC)COC(=O)CCCCCCC/C=C\CCCCCCCCC. The van der Waals surface area contributed by atoms with E-state index in [1.165, 1.54) is 96.3 Å². The molecule has 0 bridgehead atoms. The van der Waals surface area contributed by atoms with Crippen LogP contribution >= 0.6 is 0 Å². The standard InChI is InChI=1S/C54H94O6/c1-4-7-10-13-16-19-22-24-26-28-29-32-35-38-41-44-47-53(56)59-50-51(49-58-52(55)46-43-40-37-34-31-21-18-15-12-9-6-3)60-54(57)48-45-42-39-36-33-30-27-25-23-20-17-14-11-8-5-2/h8,11,15,17-18,20,25-28,51H,4-7,9-10,12-14,16,19,21-24,29-50H2,1-3H3/b11-8-,18-15-,20-17-,27-25-,28-26-/t51-/m1/s1. The van der Waals surface area contributed by atoms with Crippen molar-refractivity contribution in [3.8, 4) is 0 Å². The van der Waals surface area contributed by atoms with Crippen molar-refractivity contribution in [2.45, 2.75) is 252 Å². The van der Waals surface area contributed by atoms with Crippen LogP contribution in [0.3, 0.4) is 0 Å². The van der Waals surface area contributed by atoms with Crippen LogP contribution in [0.1, 0.15) is 245 Å². The fourth-order valence-electron chi connectivity index (χ4n) is 6.90. The number of hydrogen-bond donors (Lipinski definition) is 0. The smallest absolute Gasteiger partial charge is 0.306 e. The number of carbonyl (C=O) groups excluding carboxylic acids is 3. The lowest BCUT2D eigenvalue weighted by Gasteiger charge is -2.18. The second kappa shape index (κ2) is 48.8. The molecule has 0 amide bonds. The van der Waals surface area contributed by atoms with Gasteiger partial charge in [-0.25, -0.2) is 0 Å². The Bertz CT molecular complexity index is 1100. The fraction of sp³-hybridized carbons (Fsp3) is 0.759. The van der Waals surface area contributed by atoms with Gasteiger partial charge in [-0.15, -0.1) is 0 Å². The topological polar surface area (TPSA) is 78.9 Å². The first-order valence-corrected chi connectivity index (χ1v) is 25.3. The summed E-state index contributed by atoms with van der Waals surface area (Å²) in [6.07, 6.45) is 59.2. The Labute approximate surface area is 370 Å². The van der Waals surface area contributed by atoms with Crippen molar-refractivity contribution in [3.05, 3.63) is 60.8 Å². The maximum Gasteiger partial charge on any atom is 0.306 e. The summed E-state index contributed by atoms with van der Waals surface area (Å²) in [4.78, 5) is 37.9. The van der Waals surface area contributed by atoms with Gasteiger partial charge in [0.1, 0.15) is 13.2 Å². The minimum atomic E-state index is -0.788.